The van der Waals surface area contributed by atoms with Gasteiger partial charge < -0.3 is 19.7 Å². The van der Waals surface area contributed by atoms with Crippen molar-refractivity contribution in [1.82, 2.24) is 0 Å². The standard InChI is InChI=1S/C12H16O5/c1-2-16-11-7-9(8-13)3-4-10(11)17-6-5-12(14)15/h3-4,7,13H,2,5-6,8H2,1H3,(H,14,15). The molecule has 0 unspecified atom stereocenters. The molecule has 0 heterocycles. The number of hydrogen-bond donors (Lipinski definition) is 2. The molecule has 1 aromatic rings. The quantitative estimate of drug-likeness (QED) is 0.754. The Morgan fingerprint density at radius 2 is 2.06 bits per heavy atom. The molecule has 0 aliphatic heterocycles. The number of rotatable bonds is 7. The third-order valence-electron chi connectivity index (χ3n) is 2.06. The van der Waals surface area contributed by atoms with Crippen molar-refractivity contribution in [2.24, 2.45) is 0 Å². The first-order chi connectivity index (χ1) is 8.17. The number of hydrogen-bond acceptors (Lipinski definition) is 4. The van der Waals surface area contributed by atoms with Crippen LogP contribution in [0.3, 0.4) is 0 Å². The lowest BCUT2D eigenvalue weighted by Crippen LogP contribution is -2.06. The van der Waals surface area contributed by atoms with E-state index in [4.69, 9.17) is 19.7 Å². The zero-order valence-corrected chi connectivity index (χ0v) is 9.68. The highest BCUT2D eigenvalue weighted by molar-refractivity contribution is 5.66. The lowest BCUT2D eigenvalue weighted by atomic mass is 10.2. The summed E-state index contributed by atoms with van der Waals surface area (Å²) >= 11 is 0. The van der Waals surface area contributed by atoms with E-state index in [-0.39, 0.29) is 19.6 Å². The Balaban J connectivity index is 2.71. The second-order valence-electron chi connectivity index (χ2n) is 3.36. The summed E-state index contributed by atoms with van der Waals surface area (Å²) in [6.07, 6.45) is -0.0622. The first-order valence-corrected chi connectivity index (χ1v) is 5.38. The average molecular weight is 240 g/mol. The van der Waals surface area contributed by atoms with Crippen LogP contribution in [0.25, 0.3) is 0 Å². The molecule has 0 radical (unpaired) electrons. The number of benzene rings is 1. The predicted octanol–water partition coefficient (Wildman–Crippen LogP) is 1.43. The maximum absolute atomic E-state index is 10.4. The highest BCUT2D eigenvalue weighted by Gasteiger charge is 2.07. The molecule has 5 heteroatoms. The minimum Gasteiger partial charge on any atom is -0.490 e. The molecule has 0 atom stereocenters. The van der Waals surface area contributed by atoms with Crippen LogP contribution < -0.4 is 9.47 Å². The van der Waals surface area contributed by atoms with Crippen LogP contribution in [0.15, 0.2) is 18.2 Å². The molecule has 0 fully saturated rings. The number of ether oxygens (including phenoxy) is 2. The first kappa shape index (κ1) is 13.3. The molecule has 0 saturated carbocycles. The first-order valence-electron chi connectivity index (χ1n) is 5.38. The van der Waals surface area contributed by atoms with Gasteiger partial charge in [-0.05, 0) is 24.6 Å². The van der Waals surface area contributed by atoms with Crippen molar-refractivity contribution in [3.05, 3.63) is 23.8 Å². The molecule has 0 amide bonds. The van der Waals surface area contributed by atoms with E-state index in [1.165, 1.54) is 0 Å². The van der Waals surface area contributed by atoms with Crippen molar-refractivity contribution in [3.8, 4) is 11.5 Å². The van der Waals surface area contributed by atoms with Gasteiger partial charge in [0.05, 0.1) is 26.2 Å². The van der Waals surface area contributed by atoms with Gasteiger partial charge in [0.2, 0.25) is 0 Å². The van der Waals surface area contributed by atoms with E-state index in [2.05, 4.69) is 0 Å². The van der Waals surface area contributed by atoms with Crippen molar-refractivity contribution >= 4 is 5.97 Å². The third kappa shape index (κ3) is 4.32. The van der Waals surface area contributed by atoms with Gasteiger partial charge in [-0.15, -0.1) is 0 Å². The highest BCUT2D eigenvalue weighted by atomic mass is 16.5. The zero-order chi connectivity index (χ0) is 12.7. The van der Waals surface area contributed by atoms with Crippen LogP contribution in [0.1, 0.15) is 18.9 Å². The third-order valence-corrected chi connectivity index (χ3v) is 2.06. The Labute approximate surface area is 99.6 Å². The topological polar surface area (TPSA) is 76.0 Å². The van der Waals surface area contributed by atoms with Gasteiger partial charge >= 0.3 is 5.97 Å². The summed E-state index contributed by atoms with van der Waals surface area (Å²) in [6.45, 7) is 2.33. The molecule has 2 N–H and O–H groups in total. The average Bonchev–Trinajstić information content (AvgIpc) is 2.31. The van der Waals surface area contributed by atoms with Crippen LogP contribution in [-0.2, 0) is 11.4 Å². The summed E-state index contributed by atoms with van der Waals surface area (Å²) in [5, 5.41) is 17.5. The van der Waals surface area contributed by atoms with E-state index < -0.39 is 5.97 Å². The van der Waals surface area contributed by atoms with Crippen molar-refractivity contribution in [2.45, 2.75) is 20.0 Å². The number of aliphatic hydroxyl groups is 1. The molecule has 0 aromatic heterocycles. The predicted molar refractivity (Wildman–Crippen MR) is 61.3 cm³/mol. The molecule has 94 valence electrons. The Kier molecular flexibility index (Phi) is 5.29. The molecule has 0 bridgehead atoms. The van der Waals surface area contributed by atoms with Crippen molar-refractivity contribution in [2.75, 3.05) is 13.2 Å². The second kappa shape index (κ2) is 6.75. The SMILES string of the molecule is CCOc1cc(CO)ccc1OCCC(=O)O. The smallest absolute Gasteiger partial charge is 0.306 e. The summed E-state index contributed by atoms with van der Waals surface area (Å²) in [5.74, 6) is 0.102. The molecule has 0 spiro atoms. The van der Waals surface area contributed by atoms with Crippen LogP contribution in [0.2, 0.25) is 0 Å². The van der Waals surface area contributed by atoms with Crippen LogP contribution in [0.5, 0.6) is 11.5 Å². The lowest BCUT2D eigenvalue weighted by Gasteiger charge is -2.12. The summed E-state index contributed by atoms with van der Waals surface area (Å²) in [4.78, 5) is 10.4. The summed E-state index contributed by atoms with van der Waals surface area (Å²) in [7, 11) is 0. The zero-order valence-electron chi connectivity index (χ0n) is 9.68. The van der Waals surface area contributed by atoms with Crippen LogP contribution in [0, 0.1) is 0 Å². The molecule has 0 saturated heterocycles. The van der Waals surface area contributed by atoms with Crippen LogP contribution >= 0.6 is 0 Å². The normalized spacial score (nSPS) is 10.0. The summed E-state index contributed by atoms with van der Waals surface area (Å²) < 4.78 is 10.7. The van der Waals surface area contributed by atoms with E-state index in [0.717, 1.165) is 5.56 Å². The Hall–Kier alpha value is -1.75. The van der Waals surface area contributed by atoms with Gasteiger partial charge in [0, 0.05) is 0 Å². The summed E-state index contributed by atoms with van der Waals surface area (Å²) in [6, 6.07) is 5.05. The molecule has 0 aliphatic carbocycles. The number of carbonyl (C=O) groups is 1. The number of carboxylic acids is 1. The maximum Gasteiger partial charge on any atom is 0.306 e. The molecule has 17 heavy (non-hydrogen) atoms. The minimum absolute atomic E-state index is 0.0622. The highest BCUT2D eigenvalue weighted by Crippen LogP contribution is 2.28. The van der Waals surface area contributed by atoms with Gasteiger partial charge in [-0.1, -0.05) is 6.07 Å². The molecular formula is C12H16O5. The Morgan fingerprint density at radius 3 is 2.65 bits per heavy atom. The molecule has 1 aromatic carbocycles. The number of aliphatic carboxylic acids is 1. The van der Waals surface area contributed by atoms with Crippen LogP contribution in [-0.4, -0.2) is 29.4 Å². The van der Waals surface area contributed by atoms with Crippen molar-refractivity contribution < 1.29 is 24.5 Å². The fourth-order valence-electron chi connectivity index (χ4n) is 1.29. The fraction of sp³-hybridized carbons (Fsp3) is 0.417. The Morgan fingerprint density at radius 1 is 1.29 bits per heavy atom. The van der Waals surface area contributed by atoms with Gasteiger partial charge in [0.1, 0.15) is 0 Å². The number of carboxylic acid groups (broad SMARTS) is 1. The van der Waals surface area contributed by atoms with Gasteiger partial charge in [-0.3, -0.25) is 4.79 Å². The monoisotopic (exact) mass is 240 g/mol. The molecule has 1 rings (SSSR count). The van der Waals surface area contributed by atoms with Crippen LogP contribution in [0.4, 0.5) is 0 Å². The van der Waals surface area contributed by atoms with E-state index in [1.807, 2.05) is 6.92 Å². The van der Waals surface area contributed by atoms with Crippen molar-refractivity contribution in [1.29, 1.82) is 0 Å². The number of aliphatic hydroxyl groups excluding tert-OH is 1. The molecule has 5 nitrogen and oxygen atoms in total. The van der Waals surface area contributed by atoms with Gasteiger partial charge in [-0.2, -0.15) is 0 Å². The van der Waals surface area contributed by atoms with E-state index in [0.29, 0.717) is 18.1 Å². The largest absolute Gasteiger partial charge is 0.490 e. The van der Waals surface area contributed by atoms with Gasteiger partial charge in [0.25, 0.3) is 0 Å². The van der Waals surface area contributed by atoms with E-state index >= 15 is 0 Å². The van der Waals surface area contributed by atoms with Crippen molar-refractivity contribution in [3.63, 3.8) is 0 Å². The molecule has 0 aliphatic rings. The van der Waals surface area contributed by atoms with E-state index in [9.17, 15) is 4.79 Å². The van der Waals surface area contributed by atoms with Gasteiger partial charge in [0.15, 0.2) is 11.5 Å². The molecular weight excluding hydrogens is 224 g/mol. The lowest BCUT2D eigenvalue weighted by molar-refractivity contribution is -0.137. The summed E-state index contributed by atoms with van der Waals surface area (Å²) in [5.41, 5.74) is 0.721. The minimum atomic E-state index is -0.907. The Bertz CT molecular complexity index is 375. The van der Waals surface area contributed by atoms with Gasteiger partial charge in [-0.25, -0.2) is 0 Å². The fourth-order valence-corrected chi connectivity index (χ4v) is 1.29. The maximum atomic E-state index is 10.4. The second-order valence-corrected chi connectivity index (χ2v) is 3.36. The van der Waals surface area contributed by atoms with E-state index in [1.54, 1.807) is 18.2 Å².